The fourth-order valence-electron chi connectivity index (χ4n) is 3.17. The number of rotatable bonds is 4. The Labute approximate surface area is 138 Å². The molecule has 6 nitrogen and oxygen atoms in total. The normalized spacial score (nSPS) is 13.2. The molecule has 1 amide bonds. The van der Waals surface area contributed by atoms with Gasteiger partial charge in [0.25, 0.3) is 11.5 Å². The molecule has 3 aromatic rings. The Kier molecular flexibility index (Phi) is 3.65. The van der Waals surface area contributed by atoms with Crippen LogP contribution in [0.15, 0.2) is 41.3 Å². The summed E-state index contributed by atoms with van der Waals surface area (Å²) in [6.07, 6.45) is 4.78. The van der Waals surface area contributed by atoms with Gasteiger partial charge in [0.05, 0.1) is 12.2 Å². The number of aromatic amines is 1. The van der Waals surface area contributed by atoms with Crippen LogP contribution in [0.5, 0.6) is 0 Å². The Hall–Kier alpha value is -2.89. The zero-order valence-corrected chi connectivity index (χ0v) is 13.2. The summed E-state index contributed by atoms with van der Waals surface area (Å²) in [5.74, 6) is -0.146. The smallest absolute Gasteiger partial charge is 0.267 e. The number of benzene rings is 1. The molecule has 0 atom stereocenters. The van der Waals surface area contributed by atoms with Crippen molar-refractivity contribution in [2.75, 3.05) is 6.54 Å². The van der Waals surface area contributed by atoms with Gasteiger partial charge in [0.1, 0.15) is 0 Å². The third-order valence-electron chi connectivity index (χ3n) is 4.45. The van der Waals surface area contributed by atoms with Gasteiger partial charge >= 0.3 is 0 Å². The number of fused-ring (bicyclic) bond motifs is 2. The van der Waals surface area contributed by atoms with Crippen LogP contribution in [0.4, 0.5) is 0 Å². The van der Waals surface area contributed by atoms with Gasteiger partial charge in [0, 0.05) is 35.3 Å². The predicted octanol–water partition coefficient (Wildman–Crippen LogP) is 1.64. The van der Waals surface area contributed by atoms with Crippen LogP contribution in [0, 0.1) is 0 Å². The van der Waals surface area contributed by atoms with Crippen LogP contribution >= 0.6 is 0 Å². The molecule has 0 radical (unpaired) electrons. The number of H-pyrrole nitrogens is 1. The van der Waals surface area contributed by atoms with Gasteiger partial charge in [0.15, 0.2) is 0 Å². The van der Waals surface area contributed by atoms with Gasteiger partial charge in [0.2, 0.25) is 0 Å². The second kappa shape index (κ2) is 5.96. The van der Waals surface area contributed by atoms with Gasteiger partial charge in [-0.15, -0.1) is 0 Å². The third kappa shape index (κ3) is 2.71. The molecule has 24 heavy (non-hydrogen) atoms. The van der Waals surface area contributed by atoms with E-state index in [0.29, 0.717) is 18.7 Å². The summed E-state index contributed by atoms with van der Waals surface area (Å²) in [6, 6.07) is 9.13. The molecule has 2 aromatic heterocycles. The summed E-state index contributed by atoms with van der Waals surface area (Å²) in [6.45, 7) is 0.750. The van der Waals surface area contributed by atoms with Crippen LogP contribution in [0.3, 0.4) is 0 Å². The number of nitrogens with zero attached hydrogens (tertiary/aromatic N) is 2. The second-order valence-corrected chi connectivity index (χ2v) is 6.07. The fraction of sp³-hybridized carbons (Fsp3) is 0.278. The van der Waals surface area contributed by atoms with E-state index in [1.165, 1.54) is 4.68 Å². The van der Waals surface area contributed by atoms with Gasteiger partial charge in [-0.2, -0.15) is 5.10 Å². The maximum absolute atomic E-state index is 12.2. The molecule has 0 fully saturated rings. The molecule has 0 aliphatic heterocycles. The zero-order valence-electron chi connectivity index (χ0n) is 13.2. The molecule has 0 spiro atoms. The first-order chi connectivity index (χ1) is 11.7. The molecule has 0 saturated heterocycles. The molecule has 6 heteroatoms. The Morgan fingerprint density at radius 1 is 1.25 bits per heavy atom. The van der Waals surface area contributed by atoms with Crippen LogP contribution in [0.1, 0.15) is 28.0 Å². The first kappa shape index (κ1) is 14.7. The minimum absolute atomic E-state index is 0.0985. The average Bonchev–Trinajstić information content (AvgIpc) is 3.22. The molecular formula is C18H18N4O2. The molecule has 0 unspecified atom stereocenters. The summed E-state index contributed by atoms with van der Waals surface area (Å²) in [5, 5.41) is 8.25. The lowest BCUT2D eigenvalue weighted by atomic mass is 10.1. The van der Waals surface area contributed by atoms with Crippen molar-refractivity contribution in [1.29, 1.82) is 0 Å². The van der Waals surface area contributed by atoms with E-state index in [2.05, 4.69) is 15.4 Å². The predicted molar refractivity (Wildman–Crippen MR) is 91.2 cm³/mol. The maximum atomic E-state index is 12.2. The molecule has 1 aliphatic rings. The van der Waals surface area contributed by atoms with Crippen LogP contribution in [0.2, 0.25) is 0 Å². The minimum Gasteiger partial charge on any atom is -0.361 e. The van der Waals surface area contributed by atoms with Gasteiger partial charge in [-0.25, -0.2) is 4.68 Å². The van der Waals surface area contributed by atoms with Crippen LogP contribution in [-0.2, 0) is 19.4 Å². The SMILES string of the molecule is O=C(NCCn1nc2c(cc1=O)CCC2)c1ccc2[nH]ccc2c1. The molecule has 0 bridgehead atoms. The molecule has 122 valence electrons. The van der Waals surface area contributed by atoms with Gasteiger partial charge < -0.3 is 10.3 Å². The first-order valence-electron chi connectivity index (χ1n) is 8.16. The van der Waals surface area contributed by atoms with E-state index >= 15 is 0 Å². The summed E-state index contributed by atoms with van der Waals surface area (Å²) in [4.78, 5) is 27.4. The number of aryl methyl sites for hydroxylation is 2. The Morgan fingerprint density at radius 2 is 2.17 bits per heavy atom. The van der Waals surface area contributed by atoms with Crippen molar-refractivity contribution in [3.8, 4) is 0 Å². The number of amides is 1. The highest BCUT2D eigenvalue weighted by Gasteiger charge is 2.14. The molecule has 1 aromatic carbocycles. The number of hydrogen-bond acceptors (Lipinski definition) is 3. The van der Waals surface area contributed by atoms with Crippen LogP contribution in [-0.4, -0.2) is 27.2 Å². The van der Waals surface area contributed by atoms with Crippen molar-refractivity contribution in [2.45, 2.75) is 25.8 Å². The van der Waals surface area contributed by atoms with Crippen molar-refractivity contribution < 1.29 is 4.79 Å². The molecule has 1 aliphatic carbocycles. The number of carbonyl (C=O) groups excluding carboxylic acids is 1. The Bertz CT molecular complexity index is 971. The summed E-state index contributed by atoms with van der Waals surface area (Å²) < 4.78 is 1.44. The highest BCUT2D eigenvalue weighted by atomic mass is 16.1. The highest BCUT2D eigenvalue weighted by Crippen LogP contribution is 2.17. The van der Waals surface area contributed by atoms with Crippen molar-refractivity contribution in [3.05, 3.63) is 63.7 Å². The average molecular weight is 322 g/mol. The van der Waals surface area contributed by atoms with Crippen LogP contribution < -0.4 is 10.9 Å². The van der Waals surface area contributed by atoms with Crippen molar-refractivity contribution >= 4 is 16.8 Å². The third-order valence-corrected chi connectivity index (χ3v) is 4.45. The quantitative estimate of drug-likeness (QED) is 0.766. The first-order valence-corrected chi connectivity index (χ1v) is 8.16. The van der Waals surface area contributed by atoms with E-state index in [-0.39, 0.29) is 11.5 Å². The monoisotopic (exact) mass is 322 g/mol. The number of nitrogens with one attached hydrogen (secondary N) is 2. The zero-order chi connectivity index (χ0) is 16.5. The van der Waals surface area contributed by atoms with E-state index in [1.807, 2.05) is 24.4 Å². The van der Waals surface area contributed by atoms with Crippen molar-refractivity contribution in [1.82, 2.24) is 20.1 Å². The summed E-state index contributed by atoms with van der Waals surface area (Å²) >= 11 is 0. The molecular weight excluding hydrogens is 304 g/mol. The van der Waals surface area contributed by atoms with E-state index < -0.39 is 0 Å². The van der Waals surface area contributed by atoms with E-state index in [1.54, 1.807) is 12.1 Å². The number of carbonyl (C=O) groups is 1. The molecule has 0 saturated carbocycles. The molecule has 2 heterocycles. The van der Waals surface area contributed by atoms with Crippen molar-refractivity contribution in [2.24, 2.45) is 0 Å². The highest BCUT2D eigenvalue weighted by molar-refractivity contribution is 5.98. The summed E-state index contributed by atoms with van der Waals surface area (Å²) in [5.41, 5.74) is 3.59. The van der Waals surface area contributed by atoms with Crippen LogP contribution in [0.25, 0.3) is 10.9 Å². The lowest BCUT2D eigenvalue weighted by Gasteiger charge is -2.08. The number of hydrogen-bond donors (Lipinski definition) is 2. The van der Waals surface area contributed by atoms with E-state index in [4.69, 9.17) is 0 Å². The minimum atomic E-state index is -0.146. The van der Waals surface area contributed by atoms with E-state index in [9.17, 15) is 9.59 Å². The Morgan fingerprint density at radius 3 is 3.08 bits per heavy atom. The number of aromatic nitrogens is 3. The van der Waals surface area contributed by atoms with E-state index in [0.717, 1.165) is 41.4 Å². The van der Waals surface area contributed by atoms with Crippen molar-refractivity contribution in [3.63, 3.8) is 0 Å². The summed E-state index contributed by atoms with van der Waals surface area (Å²) in [7, 11) is 0. The maximum Gasteiger partial charge on any atom is 0.267 e. The van der Waals surface area contributed by atoms with Gasteiger partial charge in [-0.3, -0.25) is 9.59 Å². The second-order valence-electron chi connectivity index (χ2n) is 6.07. The molecule has 4 rings (SSSR count). The lowest BCUT2D eigenvalue weighted by molar-refractivity contribution is 0.0952. The lowest BCUT2D eigenvalue weighted by Crippen LogP contribution is -2.32. The Balaban J connectivity index is 1.42. The largest absolute Gasteiger partial charge is 0.361 e. The standard InChI is InChI=1S/C18H18N4O2/c23-17-11-12-2-1-3-16(12)21-22(17)9-8-20-18(24)14-4-5-15-13(10-14)6-7-19-15/h4-7,10-11,19H,1-3,8-9H2,(H,20,24). The molecule has 2 N–H and O–H groups in total. The fourth-order valence-corrected chi connectivity index (χ4v) is 3.17. The topological polar surface area (TPSA) is 79.8 Å². The van der Waals surface area contributed by atoms with Gasteiger partial charge in [-0.05, 0) is 49.1 Å². The van der Waals surface area contributed by atoms with Gasteiger partial charge in [-0.1, -0.05) is 0 Å².